The summed E-state index contributed by atoms with van der Waals surface area (Å²) >= 11 is 0. The Hall–Kier alpha value is -2.25. The lowest BCUT2D eigenvalue weighted by Gasteiger charge is -2.14. The van der Waals surface area contributed by atoms with Gasteiger partial charge in [0.25, 0.3) is 0 Å². The highest BCUT2D eigenvalue weighted by molar-refractivity contribution is 5.83. The summed E-state index contributed by atoms with van der Waals surface area (Å²) in [6.07, 6.45) is 0.693. The number of benzene rings is 1. The molecule has 1 aromatic rings. The molecule has 0 amide bonds. The van der Waals surface area contributed by atoms with Crippen LogP contribution < -0.4 is 15.2 Å². The van der Waals surface area contributed by atoms with Gasteiger partial charge in [-0.15, -0.1) is 0 Å². The lowest BCUT2D eigenvalue weighted by atomic mass is 10.1. The number of aliphatic hydroxyl groups is 2. The second-order valence-electron chi connectivity index (χ2n) is 3.62. The Morgan fingerprint density at radius 2 is 2.16 bits per heavy atom. The van der Waals surface area contributed by atoms with Crippen LogP contribution in [0.1, 0.15) is 11.6 Å². The number of ether oxygens (including phenoxy) is 2. The maximum absolute atomic E-state index is 10.4. The van der Waals surface area contributed by atoms with Crippen molar-refractivity contribution in [2.45, 2.75) is 6.04 Å². The molecule has 1 rings (SSSR count). The SMILES string of the molecule is COc1ccc(O/C=C(\O)C(=O)O)cc1C(N)CO. The molecule has 5 N–H and O–H groups in total. The van der Waals surface area contributed by atoms with Crippen LogP contribution in [0.3, 0.4) is 0 Å². The predicted octanol–water partition coefficient (Wildman–Crippen LogP) is 0.550. The summed E-state index contributed by atoms with van der Waals surface area (Å²) in [5.74, 6) is -1.70. The molecule has 0 saturated heterocycles. The molecule has 1 aromatic carbocycles. The van der Waals surface area contributed by atoms with E-state index in [0.717, 1.165) is 0 Å². The van der Waals surface area contributed by atoms with Crippen LogP contribution in [0.5, 0.6) is 11.5 Å². The summed E-state index contributed by atoms with van der Waals surface area (Å²) in [5, 5.41) is 26.5. The zero-order valence-corrected chi connectivity index (χ0v) is 10.2. The molecule has 0 aliphatic carbocycles. The lowest BCUT2D eigenvalue weighted by Crippen LogP contribution is -2.15. The molecule has 0 radical (unpaired) electrons. The molecule has 0 bridgehead atoms. The Balaban J connectivity index is 2.98. The van der Waals surface area contributed by atoms with Crippen molar-refractivity contribution in [3.63, 3.8) is 0 Å². The van der Waals surface area contributed by atoms with Gasteiger partial charge in [-0.2, -0.15) is 0 Å². The van der Waals surface area contributed by atoms with Crippen LogP contribution >= 0.6 is 0 Å². The van der Waals surface area contributed by atoms with Crippen molar-refractivity contribution >= 4 is 5.97 Å². The number of methoxy groups -OCH3 is 1. The smallest absolute Gasteiger partial charge is 0.374 e. The summed E-state index contributed by atoms with van der Waals surface area (Å²) in [6, 6.07) is 3.91. The summed E-state index contributed by atoms with van der Waals surface area (Å²) < 4.78 is 10.1. The maximum atomic E-state index is 10.4. The van der Waals surface area contributed by atoms with Gasteiger partial charge < -0.3 is 30.5 Å². The second kappa shape index (κ2) is 6.62. The van der Waals surface area contributed by atoms with Gasteiger partial charge in [0.2, 0.25) is 5.76 Å². The molecule has 0 saturated carbocycles. The third kappa shape index (κ3) is 3.87. The van der Waals surface area contributed by atoms with Gasteiger partial charge in [-0.05, 0) is 18.2 Å². The van der Waals surface area contributed by atoms with Crippen LogP contribution in [0, 0.1) is 0 Å². The second-order valence-corrected chi connectivity index (χ2v) is 3.62. The molecule has 1 unspecified atom stereocenters. The first kappa shape index (κ1) is 14.8. The van der Waals surface area contributed by atoms with E-state index in [0.29, 0.717) is 17.6 Å². The number of nitrogens with two attached hydrogens (primary N) is 1. The quantitative estimate of drug-likeness (QED) is 0.439. The topological polar surface area (TPSA) is 122 Å². The van der Waals surface area contributed by atoms with Gasteiger partial charge in [-0.3, -0.25) is 0 Å². The monoisotopic (exact) mass is 269 g/mol. The molecule has 104 valence electrons. The van der Waals surface area contributed by atoms with Gasteiger partial charge in [0.05, 0.1) is 19.8 Å². The number of rotatable bonds is 6. The van der Waals surface area contributed by atoms with Gasteiger partial charge in [0, 0.05) is 5.56 Å². The molecular weight excluding hydrogens is 254 g/mol. The van der Waals surface area contributed by atoms with Crippen LogP contribution in [0.25, 0.3) is 0 Å². The number of aliphatic carboxylic acids is 1. The molecule has 19 heavy (non-hydrogen) atoms. The number of carboxylic acid groups (broad SMARTS) is 1. The van der Waals surface area contributed by atoms with E-state index in [1.807, 2.05) is 0 Å². The van der Waals surface area contributed by atoms with Crippen LogP contribution in [0.2, 0.25) is 0 Å². The molecule has 1 atom stereocenters. The van der Waals surface area contributed by atoms with Gasteiger partial charge in [-0.1, -0.05) is 0 Å². The first-order valence-corrected chi connectivity index (χ1v) is 5.33. The molecule has 0 spiro atoms. The van der Waals surface area contributed by atoms with Crippen molar-refractivity contribution < 1.29 is 29.6 Å². The van der Waals surface area contributed by atoms with Gasteiger partial charge in [-0.25, -0.2) is 4.79 Å². The van der Waals surface area contributed by atoms with Gasteiger partial charge in [0.1, 0.15) is 17.8 Å². The average Bonchev–Trinajstić information content (AvgIpc) is 2.43. The Labute approximate surface area is 109 Å². The third-order valence-electron chi connectivity index (χ3n) is 2.32. The Bertz CT molecular complexity index is 485. The van der Waals surface area contributed by atoms with E-state index in [-0.39, 0.29) is 12.4 Å². The Morgan fingerprint density at radius 1 is 1.47 bits per heavy atom. The number of hydrogen-bond donors (Lipinski definition) is 4. The van der Waals surface area contributed by atoms with Gasteiger partial charge >= 0.3 is 5.97 Å². The minimum Gasteiger partial charge on any atom is -0.500 e. The van der Waals surface area contributed by atoms with E-state index >= 15 is 0 Å². The fourth-order valence-corrected chi connectivity index (χ4v) is 1.35. The molecule has 0 fully saturated rings. The van der Waals surface area contributed by atoms with Crippen molar-refractivity contribution in [1.29, 1.82) is 0 Å². The Kier molecular flexibility index (Phi) is 5.16. The van der Waals surface area contributed by atoms with Crippen molar-refractivity contribution in [3.05, 3.63) is 35.8 Å². The fraction of sp³-hybridized carbons (Fsp3) is 0.250. The van der Waals surface area contributed by atoms with Crippen molar-refractivity contribution in [3.8, 4) is 11.5 Å². The molecule has 7 heteroatoms. The molecule has 0 aliphatic rings. The van der Waals surface area contributed by atoms with Crippen molar-refractivity contribution in [2.75, 3.05) is 13.7 Å². The number of hydrogen-bond acceptors (Lipinski definition) is 6. The molecule has 7 nitrogen and oxygen atoms in total. The molecule has 0 aromatic heterocycles. The first-order valence-electron chi connectivity index (χ1n) is 5.33. The summed E-state index contributed by atoms with van der Waals surface area (Å²) in [7, 11) is 1.46. The van der Waals surface area contributed by atoms with E-state index in [2.05, 4.69) is 0 Å². The highest BCUT2D eigenvalue weighted by Crippen LogP contribution is 2.28. The molecule has 0 aliphatic heterocycles. The van der Waals surface area contributed by atoms with E-state index < -0.39 is 17.8 Å². The van der Waals surface area contributed by atoms with E-state index in [4.69, 9.17) is 30.5 Å². The minimum atomic E-state index is -1.50. The lowest BCUT2D eigenvalue weighted by molar-refractivity contribution is -0.135. The normalized spacial score (nSPS) is 12.9. The predicted molar refractivity (Wildman–Crippen MR) is 66.0 cm³/mol. The standard InChI is InChI=1S/C12H15NO6/c1-18-11-3-2-7(4-8(11)9(13)5-14)19-6-10(15)12(16)17/h2-4,6,9,14-15H,5,13H2,1H3,(H,16,17)/b10-6-. The third-order valence-corrected chi connectivity index (χ3v) is 2.32. The Morgan fingerprint density at radius 3 is 2.68 bits per heavy atom. The largest absolute Gasteiger partial charge is 0.500 e. The van der Waals surface area contributed by atoms with E-state index in [1.54, 1.807) is 6.07 Å². The summed E-state index contributed by atoms with van der Waals surface area (Å²) in [4.78, 5) is 10.4. The molecular formula is C12H15NO6. The van der Waals surface area contributed by atoms with Crippen molar-refractivity contribution in [1.82, 2.24) is 0 Å². The minimum absolute atomic E-state index is 0.257. The number of carboxylic acids is 1. The first-order chi connectivity index (χ1) is 8.99. The van der Waals surface area contributed by atoms with Crippen LogP contribution in [-0.2, 0) is 4.79 Å². The van der Waals surface area contributed by atoms with Crippen molar-refractivity contribution in [2.24, 2.45) is 5.73 Å². The highest BCUT2D eigenvalue weighted by Gasteiger charge is 2.12. The average molecular weight is 269 g/mol. The maximum Gasteiger partial charge on any atom is 0.374 e. The molecule has 0 heterocycles. The summed E-state index contributed by atoms with van der Waals surface area (Å²) in [6.45, 7) is -0.282. The van der Waals surface area contributed by atoms with Crippen LogP contribution in [0.15, 0.2) is 30.2 Å². The van der Waals surface area contributed by atoms with E-state index in [1.165, 1.54) is 19.2 Å². The van der Waals surface area contributed by atoms with Crippen LogP contribution in [-0.4, -0.2) is 35.0 Å². The summed E-state index contributed by atoms with van der Waals surface area (Å²) in [5.41, 5.74) is 6.20. The fourth-order valence-electron chi connectivity index (χ4n) is 1.35. The van der Waals surface area contributed by atoms with Crippen LogP contribution in [0.4, 0.5) is 0 Å². The van der Waals surface area contributed by atoms with E-state index in [9.17, 15) is 4.79 Å². The highest BCUT2D eigenvalue weighted by atomic mass is 16.5. The number of carbonyl (C=O) groups is 1. The number of aliphatic hydroxyl groups excluding tert-OH is 2. The zero-order valence-electron chi connectivity index (χ0n) is 10.2. The van der Waals surface area contributed by atoms with Gasteiger partial charge in [0.15, 0.2) is 0 Å². The zero-order chi connectivity index (χ0) is 14.4.